The molecule has 1 aliphatic rings. The van der Waals surface area contributed by atoms with E-state index in [4.69, 9.17) is 0 Å². The van der Waals surface area contributed by atoms with E-state index in [1.807, 2.05) is 13.0 Å². The maximum atomic E-state index is 12.5. The van der Waals surface area contributed by atoms with Crippen molar-refractivity contribution in [3.8, 4) is 0 Å². The highest BCUT2D eigenvalue weighted by Crippen LogP contribution is 2.25. The molecule has 0 bridgehead atoms. The van der Waals surface area contributed by atoms with Gasteiger partial charge in [-0.1, -0.05) is 19.1 Å². The van der Waals surface area contributed by atoms with Gasteiger partial charge in [0.2, 0.25) is 5.91 Å². The van der Waals surface area contributed by atoms with Crippen LogP contribution in [0.3, 0.4) is 0 Å². The summed E-state index contributed by atoms with van der Waals surface area (Å²) in [5.74, 6) is -0.201. The lowest BCUT2D eigenvalue weighted by Crippen LogP contribution is -2.14. The van der Waals surface area contributed by atoms with Crippen molar-refractivity contribution in [3.05, 3.63) is 59.2 Å². The van der Waals surface area contributed by atoms with Gasteiger partial charge in [-0.25, -0.2) is 0 Å². The number of hydrogen-bond donors (Lipinski definition) is 2. The third-order valence-electron chi connectivity index (χ3n) is 4.24. The van der Waals surface area contributed by atoms with Crippen LogP contribution in [0.4, 0.5) is 11.4 Å². The van der Waals surface area contributed by atoms with Crippen molar-refractivity contribution in [2.75, 3.05) is 10.6 Å². The van der Waals surface area contributed by atoms with Gasteiger partial charge in [-0.15, -0.1) is 0 Å². The minimum atomic E-state index is -0.167. The standard InChI is InChI=1S/C20H22N2O2/c1-2-5-19(23)21-17-9-4-8-16(13-17)20(24)22-18-11-10-14-6-3-7-15(14)12-18/h4,8-13H,2-3,5-7H2,1H3,(H,21,23)(H,22,24). The number of hydrogen-bond acceptors (Lipinski definition) is 2. The van der Waals surface area contributed by atoms with Crippen molar-refractivity contribution < 1.29 is 9.59 Å². The summed E-state index contributed by atoms with van der Waals surface area (Å²) in [4.78, 5) is 24.1. The Morgan fingerprint density at radius 2 is 1.75 bits per heavy atom. The molecule has 0 heterocycles. The first-order valence-corrected chi connectivity index (χ1v) is 8.49. The number of fused-ring (bicyclic) bond motifs is 1. The zero-order chi connectivity index (χ0) is 16.9. The summed E-state index contributed by atoms with van der Waals surface area (Å²) in [5, 5.41) is 5.76. The molecule has 0 aliphatic heterocycles. The molecule has 0 spiro atoms. The monoisotopic (exact) mass is 322 g/mol. The molecule has 0 aromatic heterocycles. The van der Waals surface area contributed by atoms with Crippen molar-refractivity contribution in [2.24, 2.45) is 0 Å². The molecule has 2 N–H and O–H groups in total. The van der Waals surface area contributed by atoms with E-state index in [1.165, 1.54) is 17.5 Å². The molecule has 3 rings (SSSR count). The third-order valence-corrected chi connectivity index (χ3v) is 4.24. The Morgan fingerprint density at radius 1 is 0.958 bits per heavy atom. The van der Waals surface area contributed by atoms with E-state index in [0.29, 0.717) is 17.7 Å². The third kappa shape index (κ3) is 3.82. The lowest BCUT2D eigenvalue weighted by atomic mass is 10.1. The molecule has 2 aromatic rings. The first kappa shape index (κ1) is 16.2. The molecule has 0 fully saturated rings. The Bertz CT molecular complexity index is 768. The summed E-state index contributed by atoms with van der Waals surface area (Å²) in [5.41, 5.74) is 4.71. The number of rotatable bonds is 5. The van der Waals surface area contributed by atoms with E-state index in [2.05, 4.69) is 22.8 Å². The minimum absolute atomic E-state index is 0.0336. The molecule has 0 atom stereocenters. The van der Waals surface area contributed by atoms with Gasteiger partial charge in [0.05, 0.1) is 0 Å². The number of amides is 2. The van der Waals surface area contributed by atoms with Crippen molar-refractivity contribution >= 4 is 23.2 Å². The fourth-order valence-corrected chi connectivity index (χ4v) is 3.04. The Hall–Kier alpha value is -2.62. The lowest BCUT2D eigenvalue weighted by Gasteiger charge is -2.09. The quantitative estimate of drug-likeness (QED) is 0.868. The second-order valence-corrected chi connectivity index (χ2v) is 6.17. The first-order valence-electron chi connectivity index (χ1n) is 8.49. The second kappa shape index (κ2) is 7.30. The molecule has 0 saturated heterocycles. The van der Waals surface area contributed by atoms with Crippen molar-refractivity contribution in [1.29, 1.82) is 0 Å². The summed E-state index contributed by atoms with van der Waals surface area (Å²) in [7, 11) is 0. The van der Waals surface area contributed by atoms with Gasteiger partial charge >= 0.3 is 0 Å². The molecule has 4 nitrogen and oxygen atoms in total. The average molecular weight is 322 g/mol. The van der Waals surface area contributed by atoms with Crippen LogP contribution < -0.4 is 10.6 Å². The molecule has 0 saturated carbocycles. The summed E-state index contributed by atoms with van der Waals surface area (Å²) < 4.78 is 0. The van der Waals surface area contributed by atoms with Crippen LogP contribution in [-0.2, 0) is 17.6 Å². The number of nitrogens with one attached hydrogen (secondary N) is 2. The van der Waals surface area contributed by atoms with Crippen LogP contribution in [0.25, 0.3) is 0 Å². The maximum absolute atomic E-state index is 12.5. The lowest BCUT2D eigenvalue weighted by molar-refractivity contribution is -0.116. The Morgan fingerprint density at radius 3 is 2.58 bits per heavy atom. The van der Waals surface area contributed by atoms with Crippen LogP contribution in [0.1, 0.15) is 47.7 Å². The van der Waals surface area contributed by atoms with Crippen LogP contribution in [0.5, 0.6) is 0 Å². The largest absolute Gasteiger partial charge is 0.326 e. The van der Waals surface area contributed by atoms with E-state index in [9.17, 15) is 9.59 Å². The molecule has 4 heteroatoms. The number of anilines is 2. The average Bonchev–Trinajstić information content (AvgIpc) is 3.03. The van der Waals surface area contributed by atoms with E-state index in [-0.39, 0.29) is 11.8 Å². The predicted octanol–water partition coefficient (Wildman–Crippen LogP) is 4.17. The van der Waals surface area contributed by atoms with Crippen LogP contribution in [0.15, 0.2) is 42.5 Å². The molecular formula is C20H22N2O2. The Kier molecular flexibility index (Phi) is 4.94. The normalized spacial score (nSPS) is 12.5. The molecule has 2 aromatic carbocycles. The van der Waals surface area contributed by atoms with Gasteiger partial charge in [-0.05, 0) is 67.1 Å². The highest BCUT2D eigenvalue weighted by molar-refractivity contribution is 6.05. The molecule has 124 valence electrons. The number of aryl methyl sites for hydroxylation is 2. The van der Waals surface area contributed by atoms with Crippen molar-refractivity contribution in [3.63, 3.8) is 0 Å². The molecule has 0 radical (unpaired) electrons. The number of carbonyl (C=O) groups excluding carboxylic acids is 2. The summed E-state index contributed by atoms with van der Waals surface area (Å²) >= 11 is 0. The van der Waals surface area contributed by atoms with E-state index >= 15 is 0 Å². The first-order chi connectivity index (χ1) is 11.7. The zero-order valence-electron chi connectivity index (χ0n) is 13.9. The minimum Gasteiger partial charge on any atom is -0.326 e. The van der Waals surface area contributed by atoms with E-state index in [1.54, 1.807) is 24.3 Å². The Balaban J connectivity index is 1.69. The Labute approximate surface area is 142 Å². The smallest absolute Gasteiger partial charge is 0.255 e. The summed E-state index contributed by atoms with van der Waals surface area (Å²) in [6.45, 7) is 1.96. The van der Waals surface area contributed by atoms with Gasteiger partial charge in [0, 0.05) is 23.4 Å². The van der Waals surface area contributed by atoms with Crippen LogP contribution in [0.2, 0.25) is 0 Å². The summed E-state index contributed by atoms with van der Waals surface area (Å²) in [6, 6.07) is 13.1. The molecule has 2 amide bonds. The van der Waals surface area contributed by atoms with Crippen LogP contribution >= 0.6 is 0 Å². The SMILES string of the molecule is CCCC(=O)Nc1cccc(C(=O)Nc2ccc3c(c2)CCC3)c1. The topological polar surface area (TPSA) is 58.2 Å². The number of carbonyl (C=O) groups is 2. The fraction of sp³-hybridized carbons (Fsp3) is 0.300. The number of benzene rings is 2. The molecular weight excluding hydrogens is 300 g/mol. The fourth-order valence-electron chi connectivity index (χ4n) is 3.04. The molecule has 1 aliphatic carbocycles. The van der Waals surface area contributed by atoms with Gasteiger partial charge < -0.3 is 10.6 Å². The highest BCUT2D eigenvalue weighted by atomic mass is 16.2. The zero-order valence-corrected chi connectivity index (χ0v) is 13.9. The maximum Gasteiger partial charge on any atom is 0.255 e. The second-order valence-electron chi connectivity index (χ2n) is 6.17. The van der Waals surface area contributed by atoms with Crippen molar-refractivity contribution in [2.45, 2.75) is 39.0 Å². The van der Waals surface area contributed by atoms with Gasteiger partial charge in [0.25, 0.3) is 5.91 Å². The summed E-state index contributed by atoms with van der Waals surface area (Å²) in [6.07, 6.45) is 4.67. The van der Waals surface area contributed by atoms with Gasteiger partial charge in [-0.3, -0.25) is 9.59 Å². The van der Waals surface area contributed by atoms with Crippen LogP contribution in [0, 0.1) is 0 Å². The van der Waals surface area contributed by atoms with Gasteiger partial charge in [0.1, 0.15) is 0 Å². The van der Waals surface area contributed by atoms with Crippen LogP contribution in [-0.4, -0.2) is 11.8 Å². The predicted molar refractivity (Wildman–Crippen MR) is 96.4 cm³/mol. The van der Waals surface area contributed by atoms with E-state index < -0.39 is 0 Å². The van der Waals surface area contributed by atoms with Crippen molar-refractivity contribution in [1.82, 2.24) is 0 Å². The van der Waals surface area contributed by atoms with E-state index in [0.717, 1.165) is 24.9 Å². The van der Waals surface area contributed by atoms with Gasteiger partial charge in [-0.2, -0.15) is 0 Å². The van der Waals surface area contributed by atoms with Gasteiger partial charge in [0.15, 0.2) is 0 Å². The molecule has 24 heavy (non-hydrogen) atoms. The highest BCUT2D eigenvalue weighted by Gasteiger charge is 2.13. The molecule has 0 unspecified atom stereocenters.